The molecule has 0 saturated heterocycles. The van der Waals surface area contributed by atoms with E-state index in [9.17, 15) is 0 Å². The summed E-state index contributed by atoms with van der Waals surface area (Å²) in [5, 5.41) is 0. The Morgan fingerprint density at radius 1 is 0.950 bits per heavy atom. The van der Waals surface area contributed by atoms with E-state index in [0.717, 1.165) is 31.8 Å². The molecule has 0 amide bonds. The van der Waals surface area contributed by atoms with E-state index in [4.69, 9.17) is 5.73 Å². The van der Waals surface area contributed by atoms with Gasteiger partial charge in [-0.15, -0.1) is 0 Å². The molecule has 1 aromatic rings. The molecule has 2 N–H and O–H groups in total. The Morgan fingerprint density at radius 2 is 1.55 bits per heavy atom. The summed E-state index contributed by atoms with van der Waals surface area (Å²) in [6.07, 6.45) is 4.54. The second kappa shape index (κ2) is 9.02. The maximum absolute atomic E-state index is 6.02. The van der Waals surface area contributed by atoms with Crippen LogP contribution in [0.3, 0.4) is 0 Å². The van der Waals surface area contributed by atoms with Gasteiger partial charge in [-0.3, -0.25) is 0 Å². The third-order valence-electron chi connectivity index (χ3n) is 4.34. The summed E-state index contributed by atoms with van der Waals surface area (Å²) in [5.74, 6) is 0.795. The van der Waals surface area contributed by atoms with Crippen LogP contribution in [0.25, 0.3) is 0 Å². The third kappa shape index (κ3) is 5.16. The van der Waals surface area contributed by atoms with Crippen molar-refractivity contribution in [2.45, 2.75) is 59.4 Å². The lowest BCUT2D eigenvalue weighted by Gasteiger charge is -2.27. The SMILES string of the molecule is CCC(N)Cc1ccc(N(CC)CC(CC)CC)cc1. The molecule has 0 saturated carbocycles. The maximum Gasteiger partial charge on any atom is 0.0366 e. The molecule has 0 radical (unpaired) electrons. The highest BCUT2D eigenvalue weighted by Crippen LogP contribution is 2.19. The zero-order valence-electron chi connectivity index (χ0n) is 13.7. The molecule has 114 valence electrons. The third-order valence-corrected chi connectivity index (χ3v) is 4.34. The summed E-state index contributed by atoms with van der Waals surface area (Å²) in [6, 6.07) is 9.27. The highest BCUT2D eigenvalue weighted by Gasteiger charge is 2.11. The fourth-order valence-electron chi connectivity index (χ4n) is 2.57. The van der Waals surface area contributed by atoms with Crippen LogP contribution in [-0.2, 0) is 6.42 Å². The van der Waals surface area contributed by atoms with Crippen molar-refractivity contribution in [3.63, 3.8) is 0 Å². The minimum absolute atomic E-state index is 0.285. The van der Waals surface area contributed by atoms with Crippen LogP contribution >= 0.6 is 0 Å². The van der Waals surface area contributed by atoms with Crippen molar-refractivity contribution in [3.8, 4) is 0 Å². The summed E-state index contributed by atoms with van der Waals surface area (Å²) in [6.45, 7) is 11.2. The molecule has 1 atom stereocenters. The van der Waals surface area contributed by atoms with Crippen LogP contribution in [0.4, 0.5) is 5.69 Å². The zero-order chi connectivity index (χ0) is 15.0. The van der Waals surface area contributed by atoms with Gasteiger partial charge in [0.15, 0.2) is 0 Å². The van der Waals surface area contributed by atoms with Crippen molar-refractivity contribution < 1.29 is 0 Å². The molecule has 2 nitrogen and oxygen atoms in total. The Morgan fingerprint density at radius 3 is 2.00 bits per heavy atom. The fraction of sp³-hybridized carbons (Fsp3) is 0.667. The minimum atomic E-state index is 0.285. The van der Waals surface area contributed by atoms with Gasteiger partial charge in [-0.1, -0.05) is 45.7 Å². The van der Waals surface area contributed by atoms with E-state index in [1.54, 1.807) is 0 Å². The summed E-state index contributed by atoms with van der Waals surface area (Å²) < 4.78 is 0. The lowest BCUT2D eigenvalue weighted by Crippen LogP contribution is -2.29. The smallest absolute Gasteiger partial charge is 0.0366 e. The molecule has 2 heteroatoms. The van der Waals surface area contributed by atoms with Gasteiger partial charge < -0.3 is 10.6 Å². The first-order chi connectivity index (χ1) is 9.64. The van der Waals surface area contributed by atoms with Gasteiger partial charge in [0.25, 0.3) is 0 Å². The summed E-state index contributed by atoms with van der Waals surface area (Å²) in [5.41, 5.74) is 8.71. The van der Waals surface area contributed by atoms with Crippen molar-refractivity contribution in [2.75, 3.05) is 18.0 Å². The summed E-state index contributed by atoms with van der Waals surface area (Å²) >= 11 is 0. The average molecular weight is 276 g/mol. The summed E-state index contributed by atoms with van der Waals surface area (Å²) in [4.78, 5) is 2.49. The van der Waals surface area contributed by atoms with Crippen LogP contribution in [0.5, 0.6) is 0 Å². The fourth-order valence-corrected chi connectivity index (χ4v) is 2.57. The molecule has 1 rings (SSSR count). The number of nitrogens with two attached hydrogens (primary N) is 1. The molecule has 0 heterocycles. The number of nitrogens with zero attached hydrogens (tertiary/aromatic N) is 1. The van der Waals surface area contributed by atoms with E-state index < -0.39 is 0 Å². The van der Waals surface area contributed by atoms with E-state index in [0.29, 0.717) is 0 Å². The van der Waals surface area contributed by atoms with Gasteiger partial charge in [-0.25, -0.2) is 0 Å². The van der Waals surface area contributed by atoms with Crippen LogP contribution in [0.2, 0.25) is 0 Å². The molecule has 0 bridgehead atoms. The van der Waals surface area contributed by atoms with E-state index >= 15 is 0 Å². The number of anilines is 1. The highest BCUT2D eigenvalue weighted by molar-refractivity contribution is 5.47. The molecule has 1 aromatic carbocycles. The predicted octanol–water partition coefficient (Wildman–Crippen LogP) is 4.23. The molecular weight excluding hydrogens is 244 g/mol. The van der Waals surface area contributed by atoms with E-state index in [1.165, 1.54) is 24.1 Å². The Balaban J connectivity index is 2.69. The van der Waals surface area contributed by atoms with Crippen molar-refractivity contribution >= 4 is 5.69 Å². The molecular formula is C18H32N2. The highest BCUT2D eigenvalue weighted by atomic mass is 15.1. The Labute approximate surface area is 125 Å². The second-order valence-corrected chi connectivity index (χ2v) is 5.76. The van der Waals surface area contributed by atoms with Crippen LogP contribution in [0.15, 0.2) is 24.3 Å². The van der Waals surface area contributed by atoms with Gasteiger partial charge in [-0.05, 0) is 43.4 Å². The number of rotatable bonds is 9. The number of hydrogen-bond acceptors (Lipinski definition) is 2. The van der Waals surface area contributed by atoms with Crippen molar-refractivity contribution in [1.29, 1.82) is 0 Å². The Kier molecular flexibility index (Phi) is 7.68. The standard InChI is InChI=1S/C18H32N2/c1-5-15(6-2)14-20(8-4)18-11-9-16(10-12-18)13-17(19)7-3/h9-12,15,17H,5-8,13-14,19H2,1-4H3. The van der Waals surface area contributed by atoms with Gasteiger partial charge in [0.05, 0.1) is 0 Å². The normalized spacial score (nSPS) is 12.7. The van der Waals surface area contributed by atoms with Gasteiger partial charge >= 0.3 is 0 Å². The van der Waals surface area contributed by atoms with Gasteiger partial charge in [0.1, 0.15) is 0 Å². The van der Waals surface area contributed by atoms with E-state index in [2.05, 4.69) is 56.9 Å². The first-order valence-electron chi connectivity index (χ1n) is 8.23. The second-order valence-electron chi connectivity index (χ2n) is 5.76. The lowest BCUT2D eigenvalue weighted by molar-refractivity contribution is 0.486. The lowest BCUT2D eigenvalue weighted by atomic mass is 10.0. The molecule has 0 aromatic heterocycles. The maximum atomic E-state index is 6.02. The van der Waals surface area contributed by atoms with Crippen LogP contribution in [-0.4, -0.2) is 19.1 Å². The predicted molar refractivity (Wildman–Crippen MR) is 90.4 cm³/mol. The first-order valence-corrected chi connectivity index (χ1v) is 8.23. The van der Waals surface area contributed by atoms with E-state index in [-0.39, 0.29) is 6.04 Å². The van der Waals surface area contributed by atoms with Crippen molar-refractivity contribution in [3.05, 3.63) is 29.8 Å². The van der Waals surface area contributed by atoms with Crippen LogP contribution in [0.1, 0.15) is 52.5 Å². The largest absolute Gasteiger partial charge is 0.372 e. The Bertz CT molecular complexity index is 354. The van der Waals surface area contributed by atoms with Crippen LogP contribution < -0.4 is 10.6 Å². The number of benzene rings is 1. The average Bonchev–Trinajstić information content (AvgIpc) is 2.49. The quantitative estimate of drug-likeness (QED) is 0.731. The van der Waals surface area contributed by atoms with Gasteiger partial charge in [-0.2, -0.15) is 0 Å². The van der Waals surface area contributed by atoms with Gasteiger partial charge in [0, 0.05) is 24.8 Å². The molecule has 0 aliphatic heterocycles. The van der Waals surface area contributed by atoms with Crippen molar-refractivity contribution in [2.24, 2.45) is 11.7 Å². The molecule has 0 fully saturated rings. The molecule has 1 unspecified atom stereocenters. The molecule has 0 aliphatic carbocycles. The first kappa shape index (κ1) is 17.0. The zero-order valence-corrected chi connectivity index (χ0v) is 13.7. The van der Waals surface area contributed by atoms with Gasteiger partial charge in [0.2, 0.25) is 0 Å². The minimum Gasteiger partial charge on any atom is -0.372 e. The Hall–Kier alpha value is -1.02. The molecule has 20 heavy (non-hydrogen) atoms. The number of hydrogen-bond donors (Lipinski definition) is 1. The van der Waals surface area contributed by atoms with Crippen LogP contribution in [0, 0.1) is 5.92 Å². The molecule has 0 spiro atoms. The summed E-state index contributed by atoms with van der Waals surface area (Å²) in [7, 11) is 0. The molecule has 0 aliphatic rings. The van der Waals surface area contributed by atoms with E-state index in [1.807, 2.05) is 0 Å². The monoisotopic (exact) mass is 276 g/mol. The topological polar surface area (TPSA) is 29.3 Å². The van der Waals surface area contributed by atoms with Crippen molar-refractivity contribution in [1.82, 2.24) is 0 Å².